The van der Waals surface area contributed by atoms with Crippen LogP contribution in [0.1, 0.15) is 17.8 Å². The van der Waals surface area contributed by atoms with Crippen molar-refractivity contribution < 1.29 is 8.42 Å². The maximum absolute atomic E-state index is 12.4. The number of thiazole rings is 1. The Morgan fingerprint density at radius 3 is 2.46 bits per heavy atom. The van der Waals surface area contributed by atoms with Gasteiger partial charge in [0.1, 0.15) is 5.01 Å². The van der Waals surface area contributed by atoms with Crippen LogP contribution in [0.15, 0.2) is 59.5 Å². The lowest BCUT2D eigenvalue weighted by Crippen LogP contribution is -2.44. The van der Waals surface area contributed by atoms with Gasteiger partial charge >= 0.3 is 0 Å². The Hall–Kier alpha value is -1.80. The lowest BCUT2D eigenvalue weighted by atomic mass is 10.1. The third-order valence-electron chi connectivity index (χ3n) is 4.66. The van der Waals surface area contributed by atoms with Gasteiger partial charge in [-0.15, -0.1) is 11.3 Å². The quantitative estimate of drug-likeness (QED) is 0.730. The lowest BCUT2D eigenvalue weighted by Gasteiger charge is -2.31. The number of fused-ring (bicyclic) bond motifs is 1. The highest BCUT2D eigenvalue weighted by atomic mass is 32.2. The first-order valence-corrected chi connectivity index (χ1v) is 11.0. The lowest BCUT2D eigenvalue weighted by molar-refractivity contribution is 0.200. The number of nitrogens with zero attached hydrogens (tertiary/aromatic N) is 2. The van der Waals surface area contributed by atoms with E-state index >= 15 is 0 Å². The maximum Gasteiger partial charge on any atom is 0.240 e. The number of nitrogens with one attached hydrogen (secondary N) is 1. The number of aromatic nitrogens is 1. The van der Waals surface area contributed by atoms with Crippen molar-refractivity contribution in [2.24, 2.45) is 0 Å². The molecule has 1 aliphatic heterocycles. The maximum atomic E-state index is 12.4. The molecule has 1 aromatic heterocycles. The fraction of sp³-hybridized carbons (Fsp3) is 0.316. The largest absolute Gasteiger partial charge is 0.297 e. The zero-order chi connectivity index (χ0) is 18.0. The Balaban J connectivity index is 1.34. The summed E-state index contributed by atoms with van der Waals surface area (Å²) in [6.07, 6.45) is 1.63. The normalized spacial score (nSPS) is 16.9. The minimum Gasteiger partial charge on any atom is -0.297 e. The minimum atomic E-state index is -3.43. The highest BCUT2D eigenvalue weighted by Gasteiger charge is 2.25. The van der Waals surface area contributed by atoms with Crippen molar-refractivity contribution in [2.75, 3.05) is 13.1 Å². The van der Waals surface area contributed by atoms with Gasteiger partial charge in [-0.1, -0.05) is 30.3 Å². The van der Waals surface area contributed by atoms with Gasteiger partial charge in [0, 0.05) is 19.1 Å². The first-order chi connectivity index (χ1) is 12.6. The van der Waals surface area contributed by atoms with E-state index in [2.05, 4.69) is 15.7 Å². The Labute approximate surface area is 157 Å². The van der Waals surface area contributed by atoms with Crippen LogP contribution in [0, 0.1) is 0 Å². The smallest absolute Gasteiger partial charge is 0.240 e. The Bertz CT molecular complexity index is 945. The number of likely N-dealkylation sites (tertiary alicyclic amines) is 1. The molecule has 1 fully saturated rings. The topological polar surface area (TPSA) is 62.3 Å². The second kappa shape index (κ2) is 7.44. The number of rotatable bonds is 5. The van der Waals surface area contributed by atoms with Crippen molar-refractivity contribution in [3.05, 3.63) is 59.6 Å². The van der Waals surface area contributed by atoms with Crippen LogP contribution in [-0.2, 0) is 16.6 Å². The molecule has 0 atom stereocenters. The van der Waals surface area contributed by atoms with Crippen molar-refractivity contribution in [3.8, 4) is 0 Å². The summed E-state index contributed by atoms with van der Waals surface area (Å²) in [5.74, 6) is 0. The molecule has 2 aromatic carbocycles. The molecule has 4 rings (SSSR count). The summed E-state index contributed by atoms with van der Waals surface area (Å²) in [6.45, 7) is 2.58. The summed E-state index contributed by atoms with van der Waals surface area (Å²) in [5.41, 5.74) is 1.05. The van der Waals surface area contributed by atoms with Crippen LogP contribution in [-0.4, -0.2) is 37.4 Å². The highest BCUT2D eigenvalue weighted by molar-refractivity contribution is 7.89. The molecule has 0 unspecified atom stereocenters. The summed E-state index contributed by atoms with van der Waals surface area (Å²) < 4.78 is 28.9. The van der Waals surface area contributed by atoms with Crippen molar-refractivity contribution in [1.29, 1.82) is 0 Å². The summed E-state index contributed by atoms with van der Waals surface area (Å²) in [4.78, 5) is 7.37. The molecule has 2 heterocycles. The Morgan fingerprint density at radius 1 is 1.04 bits per heavy atom. The van der Waals surface area contributed by atoms with Crippen molar-refractivity contribution in [2.45, 2.75) is 30.3 Å². The van der Waals surface area contributed by atoms with E-state index in [1.54, 1.807) is 35.6 Å². The van der Waals surface area contributed by atoms with Crippen LogP contribution in [0.3, 0.4) is 0 Å². The van der Waals surface area contributed by atoms with Gasteiger partial charge in [0.25, 0.3) is 0 Å². The van der Waals surface area contributed by atoms with Crippen LogP contribution < -0.4 is 4.72 Å². The third-order valence-corrected chi connectivity index (χ3v) is 7.22. The van der Waals surface area contributed by atoms with E-state index in [1.807, 2.05) is 24.3 Å². The molecule has 7 heteroatoms. The summed E-state index contributed by atoms with van der Waals surface area (Å²) in [6, 6.07) is 16.7. The van der Waals surface area contributed by atoms with Gasteiger partial charge in [-0.25, -0.2) is 18.1 Å². The molecule has 0 bridgehead atoms. The van der Waals surface area contributed by atoms with E-state index in [9.17, 15) is 8.42 Å². The van der Waals surface area contributed by atoms with Gasteiger partial charge in [-0.05, 0) is 37.1 Å². The fourth-order valence-corrected chi connectivity index (χ4v) is 5.61. The molecule has 0 aliphatic carbocycles. The standard InChI is InChI=1S/C19H21N3O2S2/c23-26(24,16-6-2-1-3-7-16)21-15-10-12-22(13-11-15)14-19-20-17-8-4-5-9-18(17)25-19/h1-9,15,21H,10-14H2. The molecule has 136 valence electrons. The van der Waals surface area contributed by atoms with Crippen molar-refractivity contribution >= 4 is 31.6 Å². The van der Waals surface area contributed by atoms with Gasteiger partial charge in [-0.3, -0.25) is 4.90 Å². The van der Waals surface area contributed by atoms with Gasteiger partial charge in [0.15, 0.2) is 0 Å². The number of piperidine rings is 1. The average Bonchev–Trinajstić information content (AvgIpc) is 3.06. The molecular formula is C19H21N3O2S2. The summed E-state index contributed by atoms with van der Waals surface area (Å²) >= 11 is 1.73. The van der Waals surface area contributed by atoms with Crippen molar-refractivity contribution in [1.82, 2.24) is 14.6 Å². The molecule has 1 saturated heterocycles. The SMILES string of the molecule is O=S(=O)(NC1CCN(Cc2nc3ccccc3s2)CC1)c1ccccc1. The summed E-state index contributed by atoms with van der Waals surface area (Å²) in [5, 5.41) is 1.12. The van der Waals surface area contributed by atoms with E-state index in [-0.39, 0.29) is 6.04 Å². The van der Waals surface area contributed by atoms with Crippen molar-refractivity contribution in [3.63, 3.8) is 0 Å². The second-order valence-corrected chi connectivity index (χ2v) is 9.39. The van der Waals surface area contributed by atoms with Gasteiger partial charge < -0.3 is 0 Å². The highest BCUT2D eigenvalue weighted by Crippen LogP contribution is 2.24. The average molecular weight is 388 g/mol. The van der Waals surface area contributed by atoms with E-state index in [4.69, 9.17) is 4.98 Å². The third kappa shape index (κ3) is 3.96. The zero-order valence-electron chi connectivity index (χ0n) is 14.3. The number of hydrogen-bond acceptors (Lipinski definition) is 5. The van der Waals surface area contributed by atoms with Gasteiger partial charge in [0.05, 0.1) is 21.7 Å². The Kier molecular flexibility index (Phi) is 5.04. The molecule has 0 spiro atoms. The second-order valence-electron chi connectivity index (χ2n) is 6.56. The van der Waals surface area contributed by atoms with Gasteiger partial charge in [-0.2, -0.15) is 0 Å². The molecule has 0 radical (unpaired) electrons. The monoisotopic (exact) mass is 387 g/mol. The molecular weight excluding hydrogens is 366 g/mol. The first-order valence-electron chi connectivity index (χ1n) is 8.74. The summed E-state index contributed by atoms with van der Waals surface area (Å²) in [7, 11) is -3.43. The van der Waals surface area contributed by atoms with Crippen LogP contribution >= 0.6 is 11.3 Å². The van der Waals surface area contributed by atoms with E-state index < -0.39 is 10.0 Å². The van der Waals surface area contributed by atoms with E-state index in [1.165, 1.54) is 4.70 Å². The molecule has 26 heavy (non-hydrogen) atoms. The van der Waals surface area contributed by atoms with E-state index in [0.29, 0.717) is 4.90 Å². The van der Waals surface area contributed by atoms with Crippen LogP contribution in [0.2, 0.25) is 0 Å². The van der Waals surface area contributed by atoms with E-state index in [0.717, 1.165) is 43.0 Å². The molecule has 1 N–H and O–H groups in total. The number of benzene rings is 2. The Morgan fingerprint density at radius 2 is 1.73 bits per heavy atom. The minimum absolute atomic E-state index is 0.00757. The van der Waals surface area contributed by atoms with Gasteiger partial charge in [0.2, 0.25) is 10.0 Å². The predicted molar refractivity (Wildman–Crippen MR) is 105 cm³/mol. The molecule has 0 amide bonds. The van der Waals surface area contributed by atoms with Crippen LogP contribution in [0.4, 0.5) is 0 Å². The zero-order valence-corrected chi connectivity index (χ0v) is 16.0. The number of para-hydroxylation sites is 1. The molecule has 1 aliphatic rings. The number of sulfonamides is 1. The number of hydrogen-bond donors (Lipinski definition) is 1. The molecule has 5 nitrogen and oxygen atoms in total. The predicted octanol–water partition coefficient (Wildman–Crippen LogP) is 3.24. The fourth-order valence-electron chi connectivity index (χ4n) is 3.27. The van der Waals surface area contributed by atoms with Crippen LogP contribution in [0.5, 0.6) is 0 Å². The molecule has 3 aromatic rings. The first kappa shape index (κ1) is 17.6. The van der Waals surface area contributed by atoms with Crippen LogP contribution in [0.25, 0.3) is 10.2 Å². The molecule has 0 saturated carbocycles.